The van der Waals surface area contributed by atoms with Crippen LogP contribution in [0.25, 0.3) is 0 Å². The third-order valence-corrected chi connectivity index (χ3v) is 4.57. The number of hydrogen-bond donors (Lipinski definition) is 0. The lowest BCUT2D eigenvalue weighted by Gasteiger charge is -2.27. The predicted octanol–water partition coefficient (Wildman–Crippen LogP) is 2.53. The summed E-state index contributed by atoms with van der Waals surface area (Å²) in [6.45, 7) is 5.84. The highest BCUT2D eigenvalue weighted by Crippen LogP contribution is 2.33. The van der Waals surface area contributed by atoms with E-state index in [2.05, 4.69) is 28.9 Å². The zero-order valence-electron chi connectivity index (χ0n) is 12.3. The van der Waals surface area contributed by atoms with E-state index in [-0.39, 0.29) is 5.92 Å². The van der Waals surface area contributed by atoms with Gasteiger partial charge < -0.3 is 4.52 Å². The van der Waals surface area contributed by atoms with Crippen molar-refractivity contribution in [2.24, 2.45) is 5.92 Å². The molecule has 20 heavy (non-hydrogen) atoms. The van der Waals surface area contributed by atoms with Crippen LogP contribution in [0.5, 0.6) is 0 Å². The molecule has 0 aromatic carbocycles. The van der Waals surface area contributed by atoms with E-state index in [0.717, 1.165) is 38.1 Å². The summed E-state index contributed by atoms with van der Waals surface area (Å²) in [7, 11) is 0. The topological polar surface area (TPSA) is 59.2 Å². The largest absolute Gasteiger partial charge is 0.338 e. The average molecular weight is 277 g/mol. The molecule has 0 bridgehead atoms. The van der Waals surface area contributed by atoms with Crippen LogP contribution in [0.15, 0.2) is 4.52 Å². The molecule has 3 rings (SSSR count). The highest BCUT2D eigenvalue weighted by Gasteiger charge is 2.38. The van der Waals surface area contributed by atoms with E-state index in [1.165, 1.54) is 6.42 Å². The van der Waals surface area contributed by atoms with Gasteiger partial charge in [-0.15, -0.1) is 0 Å². The van der Waals surface area contributed by atoms with E-state index >= 15 is 0 Å². The van der Waals surface area contributed by atoms with Gasteiger partial charge in [0.15, 0.2) is 5.82 Å². The third-order valence-electron chi connectivity index (χ3n) is 4.57. The van der Waals surface area contributed by atoms with E-state index < -0.39 is 0 Å². The monoisotopic (exact) mass is 277 g/mol. The van der Waals surface area contributed by atoms with E-state index in [1.54, 1.807) is 0 Å². The van der Waals surface area contributed by atoms with Crippen molar-refractivity contribution in [2.75, 3.05) is 6.54 Å². The smallest absolute Gasteiger partial charge is 0.240 e. The van der Waals surface area contributed by atoms with Crippen LogP contribution in [0.2, 0.25) is 0 Å². The van der Waals surface area contributed by atoms with Crippen molar-refractivity contribution in [2.45, 2.75) is 64.5 Å². The molecule has 0 radical (unpaired) electrons. The Bertz CT molecular complexity index is 483. The third kappa shape index (κ3) is 2.64. The molecule has 1 aromatic rings. The Labute approximate surface area is 119 Å². The second-order valence-corrected chi connectivity index (χ2v) is 6.35. The summed E-state index contributed by atoms with van der Waals surface area (Å²) in [5, 5.41) is 4.02. The fourth-order valence-corrected chi connectivity index (χ4v) is 3.49. The normalized spacial score (nSPS) is 27.9. The van der Waals surface area contributed by atoms with Crippen LogP contribution in [0, 0.1) is 5.92 Å². The fraction of sp³-hybridized carbons (Fsp3) is 0.800. The Morgan fingerprint density at radius 1 is 1.35 bits per heavy atom. The average Bonchev–Trinajstić information content (AvgIpc) is 3.10. The highest BCUT2D eigenvalue weighted by molar-refractivity contribution is 5.83. The van der Waals surface area contributed by atoms with Gasteiger partial charge in [-0.25, -0.2) is 0 Å². The highest BCUT2D eigenvalue weighted by atomic mass is 16.5. The summed E-state index contributed by atoms with van der Waals surface area (Å²) in [4.78, 5) is 18.8. The molecule has 0 N–H and O–H groups in total. The Balaban J connectivity index is 1.67. The van der Waals surface area contributed by atoms with Crippen molar-refractivity contribution < 1.29 is 9.32 Å². The van der Waals surface area contributed by atoms with E-state index in [9.17, 15) is 4.79 Å². The SMILES string of the molecule is CC(C)c1noc(CN2CCCC2C2CCCC2=O)n1. The van der Waals surface area contributed by atoms with Crippen molar-refractivity contribution in [3.63, 3.8) is 0 Å². The number of carbonyl (C=O) groups is 1. The Morgan fingerprint density at radius 3 is 2.85 bits per heavy atom. The lowest BCUT2D eigenvalue weighted by Crippen LogP contribution is -2.37. The molecule has 2 aliphatic rings. The zero-order valence-corrected chi connectivity index (χ0v) is 12.3. The lowest BCUT2D eigenvalue weighted by molar-refractivity contribution is -0.122. The molecule has 2 atom stereocenters. The summed E-state index contributed by atoms with van der Waals surface area (Å²) in [6, 6.07) is 0.388. The quantitative estimate of drug-likeness (QED) is 0.846. The van der Waals surface area contributed by atoms with Crippen LogP contribution < -0.4 is 0 Å². The predicted molar refractivity (Wildman–Crippen MR) is 74.2 cm³/mol. The molecular weight excluding hydrogens is 254 g/mol. The molecule has 1 saturated heterocycles. The minimum absolute atomic E-state index is 0.241. The number of rotatable bonds is 4. The maximum atomic E-state index is 12.0. The standard InChI is InChI=1S/C15H23N3O2/c1-10(2)15-16-14(20-17-15)9-18-8-4-6-12(18)11-5-3-7-13(11)19/h10-12H,3-9H2,1-2H3. The van der Waals surface area contributed by atoms with Gasteiger partial charge in [0.1, 0.15) is 5.78 Å². The first-order chi connectivity index (χ1) is 9.65. The van der Waals surface area contributed by atoms with Crippen LogP contribution in [-0.2, 0) is 11.3 Å². The van der Waals surface area contributed by atoms with Gasteiger partial charge in [0.25, 0.3) is 0 Å². The first-order valence-electron chi connectivity index (χ1n) is 7.74. The Morgan fingerprint density at radius 2 is 2.20 bits per heavy atom. The summed E-state index contributed by atoms with van der Waals surface area (Å²) < 4.78 is 5.34. The number of aromatic nitrogens is 2. The van der Waals surface area contributed by atoms with Gasteiger partial charge in [-0.05, 0) is 32.2 Å². The summed E-state index contributed by atoms with van der Waals surface area (Å²) in [5.41, 5.74) is 0. The fourth-order valence-electron chi connectivity index (χ4n) is 3.49. The molecule has 5 nitrogen and oxygen atoms in total. The van der Waals surface area contributed by atoms with Gasteiger partial charge in [-0.1, -0.05) is 19.0 Å². The van der Waals surface area contributed by atoms with Crippen molar-refractivity contribution in [1.82, 2.24) is 15.0 Å². The molecule has 1 saturated carbocycles. The molecule has 1 aromatic heterocycles. The van der Waals surface area contributed by atoms with Crippen LogP contribution in [0.4, 0.5) is 0 Å². The first kappa shape index (κ1) is 13.7. The molecular formula is C15H23N3O2. The van der Waals surface area contributed by atoms with Crippen LogP contribution >= 0.6 is 0 Å². The number of hydrogen-bond acceptors (Lipinski definition) is 5. The number of carbonyl (C=O) groups excluding carboxylic acids is 1. The summed E-state index contributed by atoms with van der Waals surface area (Å²) >= 11 is 0. The number of Topliss-reactive ketones (excluding diaryl/α,β-unsaturated/α-hetero) is 1. The molecule has 1 aliphatic heterocycles. The van der Waals surface area contributed by atoms with Crippen molar-refractivity contribution in [1.29, 1.82) is 0 Å². The molecule has 0 amide bonds. The van der Waals surface area contributed by atoms with Crippen LogP contribution in [0.3, 0.4) is 0 Å². The number of nitrogens with zero attached hydrogens (tertiary/aromatic N) is 3. The van der Waals surface area contributed by atoms with Gasteiger partial charge in [0.05, 0.1) is 6.54 Å². The molecule has 0 spiro atoms. The van der Waals surface area contributed by atoms with Crippen molar-refractivity contribution in [3.05, 3.63) is 11.7 Å². The first-order valence-corrected chi connectivity index (χ1v) is 7.74. The second-order valence-electron chi connectivity index (χ2n) is 6.35. The van der Waals surface area contributed by atoms with E-state index in [0.29, 0.717) is 30.2 Å². The van der Waals surface area contributed by atoms with Crippen LogP contribution in [-0.4, -0.2) is 33.4 Å². The molecule has 5 heteroatoms. The Hall–Kier alpha value is -1.23. The molecule has 2 fully saturated rings. The maximum absolute atomic E-state index is 12.0. The van der Waals surface area contributed by atoms with Gasteiger partial charge in [-0.3, -0.25) is 9.69 Å². The second kappa shape index (κ2) is 5.64. The number of likely N-dealkylation sites (tertiary alicyclic amines) is 1. The van der Waals surface area contributed by atoms with Gasteiger partial charge in [0.2, 0.25) is 5.89 Å². The van der Waals surface area contributed by atoms with Crippen molar-refractivity contribution >= 4 is 5.78 Å². The Kier molecular flexibility index (Phi) is 3.87. The van der Waals surface area contributed by atoms with Gasteiger partial charge in [0, 0.05) is 24.3 Å². The van der Waals surface area contributed by atoms with Crippen molar-refractivity contribution in [3.8, 4) is 0 Å². The minimum atomic E-state index is 0.241. The molecule has 110 valence electrons. The van der Waals surface area contributed by atoms with Gasteiger partial charge >= 0.3 is 0 Å². The maximum Gasteiger partial charge on any atom is 0.240 e. The minimum Gasteiger partial charge on any atom is -0.338 e. The zero-order chi connectivity index (χ0) is 14.1. The van der Waals surface area contributed by atoms with E-state index in [4.69, 9.17) is 4.52 Å². The number of ketones is 1. The molecule has 1 aliphatic carbocycles. The molecule has 2 heterocycles. The molecule has 2 unspecified atom stereocenters. The summed E-state index contributed by atoms with van der Waals surface area (Å²) in [6.07, 6.45) is 5.18. The summed E-state index contributed by atoms with van der Waals surface area (Å²) in [5.74, 6) is 2.44. The van der Waals surface area contributed by atoms with Gasteiger partial charge in [-0.2, -0.15) is 4.98 Å². The van der Waals surface area contributed by atoms with E-state index in [1.807, 2.05) is 0 Å². The lowest BCUT2D eigenvalue weighted by atomic mass is 9.95. The van der Waals surface area contributed by atoms with Crippen LogP contribution in [0.1, 0.15) is 63.6 Å².